The zero-order valence-corrected chi connectivity index (χ0v) is 18.3. The lowest BCUT2D eigenvalue weighted by atomic mass is 9.71. The van der Waals surface area contributed by atoms with E-state index in [0.29, 0.717) is 5.92 Å². The maximum atomic E-state index is 12.6. The number of carboxylic acids is 1. The number of hydrogen-bond donors (Lipinski definition) is 3. The highest BCUT2D eigenvalue weighted by molar-refractivity contribution is 5.80. The Bertz CT molecular complexity index is 1040. The van der Waals surface area contributed by atoms with E-state index in [0.717, 1.165) is 19.3 Å². The molecule has 7 heteroatoms. The molecule has 3 aliphatic carbocycles. The average Bonchev–Trinajstić information content (AvgIpc) is 3.31. The maximum Gasteiger partial charge on any atom is 0.407 e. The topological polar surface area (TPSA) is 105 Å². The van der Waals surface area contributed by atoms with Gasteiger partial charge in [0.15, 0.2) is 0 Å². The van der Waals surface area contributed by atoms with E-state index in [4.69, 9.17) is 9.84 Å². The Balaban J connectivity index is 1.12. The first-order chi connectivity index (χ1) is 16.0. The van der Waals surface area contributed by atoms with Crippen LogP contribution in [0.1, 0.15) is 42.7 Å². The smallest absolute Gasteiger partial charge is 0.407 e. The Morgan fingerprint density at radius 1 is 0.939 bits per heavy atom. The molecule has 0 heterocycles. The molecule has 172 valence electrons. The molecule has 7 nitrogen and oxygen atoms in total. The second-order valence-electron chi connectivity index (χ2n) is 9.34. The van der Waals surface area contributed by atoms with E-state index in [1.54, 1.807) is 0 Å². The van der Waals surface area contributed by atoms with E-state index in [1.165, 1.54) is 22.3 Å². The minimum atomic E-state index is -0.922. The number of alkyl carbamates (subject to hydrolysis) is 1. The first kappa shape index (κ1) is 21.5. The first-order valence-corrected chi connectivity index (χ1v) is 11.6. The van der Waals surface area contributed by atoms with Crippen LogP contribution in [0.15, 0.2) is 48.5 Å². The van der Waals surface area contributed by atoms with Crippen molar-refractivity contribution in [2.24, 2.45) is 17.8 Å². The lowest BCUT2D eigenvalue weighted by Gasteiger charge is -2.40. The van der Waals surface area contributed by atoms with Crippen LogP contribution in [0.5, 0.6) is 0 Å². The summed E-state index contributed by atoms with van der Waals surface area (Å²) in [6.07, 6.45) is 1.89. The molecule has 2 saturated carbocycles. The second kappa shape index (κ2) is 8.89. The highest BCUT2D eigenvalue weighted by Crippen LogP contribution is 2.50. The number of benzene rings is 2. The molecule has 2 amide bonds. The summed E-state index contributed by atoms with van der Waals surface area (Å²) in [4.78, 5) is 35.5. The fourth-order valence-electron chi connectivity index (χ4n) is 5.83. The van der Waals surface area contributed by atoms with Crippen LogP contribution in [0.4, 0.5) is 4.79 Å². The molecular weight excluding hydrogens is 420 g/mol. The van der Waals surface area contributed by atoms with E-state index >= 15 is 0 Å². The molecule has 2 fully saturated rings. The number of ether oxygens (including phenoxy) is 1. The van der Waals surface area contributed by atoms with Crippen LogP contribution >= 0.6 is 0 Å². The summed E-state index contributed by atoms with van der Waals surface area (Å²) in [5.41, 5.74) is 4.76. The first-order valence-electron chi connectivity index (χ1n) is 11.6. The van der Waals surface area contributed by atoms with Gasteiger partial charge in [-0.2, -0.15) is 0 Å². The predicted molar refractivity (Wildman–Crippen MR) is 122 cm³/mol. The largest absolute Gasteiger partial charge is 0.481 e. The van der Waals surface area contributed by atoms with E-state index in [9.17, 15) is 14.4 Å². The zero-order valence-electron chi connectivity index (χ0n) is 18.3. The number of nitrogens with one attached hydrogen (secondary N) is 2. The summed E-state index contributed by atoms with van der Waals surface area (Å²) in [6.45, 7) is 0.441. The molecule has 3 N–H and O–H groups in total. The predicted octanol–water partition coefficient (Wildman–Crippen LogP) is 3.53. The summed E-state index contributed by atoms with van der Waals surface area (Å²) in [5.74, 6) is -0.370. The van der Waals surface area contributed by atoms with E-state index in [2.05, 4.69) is 34.9 Å². The van der Waals surface area contributed by atoms with Gasteiger partial charge in [-0.05, 0) is 53.4 Å². The van der Waals surface area contributed by atoms with Gasteiger partial charge >= 0.3 is 12.1 Å². The molecule has 0 aromatic heterocycles. The maximum absolute atomic E-state index is 12.6. The lowest BCUT2D eigenvalue weighted by Crippen LogP contribution is -2.50. The van der Waals surface area contributed by atoms with Crippen LogP contribution in [0.25, 0.3) is 11.1 Å². The molecule has 1 unspecified atom stereocenters. The summed E-state index contributed by atoms with van der Waals surface area (Å²) < 4.78 is 5.66. The van der Waals surface area contributed by atoms with Crippen molar-refractivity contribution in [3.05, 3.63) is 59.7 Å². The number of carboxylic acid groups (broad SMARTS) is 1. The SMILES string of the molecule is O=C(O)CCNC(=O)C1C[C@H]2C[C@@H](NC(=O)OCC3c4ccccc4-c4ccccc43)[C@H]2C1. The molecule has 5 rings (SSSR count). The van der Waals surface area contributed by atoms with Gasteiger partial charge in [-0.3, -0.25) is 9.59 Å². The number of carbonyl (C=O) groups excluding carboxylic acids is 2. The van der Waals surface area contributed by atoms with Crippen molar-refractivity contribution < 1.29 is 24.2 Å². The highest BCUT2D eigenvalue weighted by Gasteiger charge is 2.50. The molecule has 0 spiro atoms. The van der Waals surface area contributed by atoms with Gasteiger partial charge in [0.1, 0.15) is 6.61 Å². The number of aliphatic carboxylic acids is 1. The molecule has 3 aliphatic rings. The highest BCUT2D eigenvalue weighted by atomic mass is 16.5. The van der Waals surface area contributed by atoms with Gasteiger partial charge in [0.05, 0.1) is 6.42 Å². The molecule has 33 heavy (non-hydrogen) atoms. The van der Waals surface area contributed by atoms with Gasteiger partial charge in [0.2, 0.25) is 5.91 Å². The van der Waals surface area contributed by atoms with Gasteiger partial charge in [0, 0.05) is 24.4 Å². The van der Waals surface area contributed by atoms with Crippen molar-refractivity contribution in [3.8, 4) is 11.1 Å². The van der Waals surface area contributed by atoms with E-state index in [1.807, 2.05) is 24.3 Å². The number of amides is 2. The zero-order chi connectivity index (χ0) is 22.9. The van der Waals surface area contributed by atoms with Crippen LogP contribution in [0.2, 0.25) is 0 Å². The fraction of sp³-hybridized carbons (Fsp3) is 0.423. The summed E-state index contributed by atoms with van der Waals surface area (Å²) in [7, 11) is 0. The van der Waals surface area contributed by atoms with Crippen molar-refractivity contribution in [1.29, 1.82) is 0 Å². The van der Waals surface area contributed by atoms with Gasteiger partial charge in [-0.25, -0.2) is 4.79 Å². The third-order valence-corrected chi connectivity index (χ3v) is 7.48. The number of fused-ring (bicyclic) bond motifs is 4. The molecule has 4 atom stereocenters. The van der Waals surface area contributed by atoms with Gasteiger partial charge in [-0.15, -0.1) is 0 Å². The number of hydrogen-bond acceptors (Lipinski definition) is 4. The number of carbonyl (C=O) groups is 3. The van der Waals surface area contributed by atoms with Crippen molar-refractivity contribution >= 4 is 18.0 Å². The summed E-state index contributed by atoms with van der Waals surface area (Å²) in [5, 5.41) is 14.4. The Labute approximate surface area is 192 Å². The van der Waals surface area contributed by atoms with Crippen molar-refractivity contribution in [2.45, 2.75) is 37.6 Å². The minimum absolute atomic E-state index is 0.0301. The van der Waals surface area contributed by atoms with Crippen LogP contribution in [-0.4, -0.2) is 42.3 Å². The minimum Gasteiger partial charge on any atom is -0.481 e. The van der Waals surface area contributed by atoms with E-state index < -0.39 is 12.1 Å². The van der Waals surface area contributed by atoms with Crippen LogP contribution in [-0.2, 0) is 14.3 Å². The normalized spacial score (nSPS) is 24.7. The van der Waals surface area contributed by atoms with Crippen LogP contribution in [0.3, 0.4) is 0 Å². The third kappa shape index (κ3) is 4.19. The Morgan fingerprint density at radius 2 is 1.61 bits per heavy atom. The van der Waals surface area contributed by atoms with Crippen molar-refractivity contribution in [2.75, 3.05) is 13.2 Å². The summed E-state index contributed by atoms with van der Waals surface area (Å²) in [6, 6.07) is 16.5. The van der Waals surface area contributed by atoms with E-state index in [-0.39, 0.29) is 49.3 Å². The Hall–Kier alpha value is -3.35. The van der Waals surface area contributed by atoms with Crippen LogP contribution < -0.4 is 10.6 Å². The van der Waals surface area contributed by atoms with Crippen LogP contribution in [0, 0.1) is 17.8 Å². The van der Waals surface area contributed by atoms with Gasteiger partial charge in [0.25, 0.3) is 0 Å². The third-order valence-electron chi connectivity index (χ3n) is 7.48. The second-order valence-corrected chi connectivity index (χ2v) is 9.34. The molecule has 2 aromatic carbocycles. The van der Waals surface area contributed by atoms with Crippen molar-refractivity contribution in [1.82, 2.24) is 10.6 Å². The summed E-state index contributed by atoms with van der Waals surface area (Å²) >= 11 is 0. The van der Waals surface area contributed by atoms with Gasteiger partial charge in [-0.1, -0.05) is 48.5 Å². The standard InChI is InChI=1S/C26H28N2O5/c29-24(30)9-10-27-25(31)16-11-15-13-23(21(15)12-16)28-26(32)33-14-22-19-7-3-1-5-17(19)18-6-2-4-8-20(18)22/h1-8,15-16,21-23H,9-14H2,(H,27,31)(H,28,32)(H,29,30)/t15-,16?,21-,23+/m0/s1. The molecule has 0 bridgehead atoms. The molecule has 0 radical (unpaired) electrons. The monoisotopic (exact) mass is 448 g/mol. The quantitative estimate of drug-likeness (QED) is 0.601. The molecule has 2 aromatic rings. The fourth-order valence-corrected chi connectivity index (χ4v) is 5.83. The van der Waals surface area contributed by atoms with Gasteiger partial charge < -0.3 is 20.5 Å². The Kier molecular flexibility index (Phi) is 5.79. The Morgan fingerprint density at radius 3 is 2.27 bits per heavy atom. The van der Waals surface area contributed by atoms with Crippen molar-refractivity contribution in [3.63, 3.8) is 0 Å². The molecule has 0 aliphatic heterocycles. The molecular formula is C26H28N2O5. The average molecular weight is 449 g/mol. The number of rotatable bonds is 7. The lowest BCUT2D eigenvalue weighted by molar-refractivity contribution is -0.137. The molecule has 0 saturated heterocycles.